The molecule has 0 aliphatic carbocycles. The molecule has 0 bridgehead atoms. The molecule has 29 heavy (non-hydrogen) atoms. The minimum atomic E-state index is -3.86. The molecule has 9 heteroatoms. The third-order valence-electron chi connectivity index (χ3n) is 4.33. The van der Waals surface area contributed by atoms with Gasteiger partial charge in [-0.05, 0) is 25.2 Å². The molecule has 0 aromatic carbocycles. The van der Waals surface area contributed by atoms with Crippen LogP contribution in [0.5, 0.6) is 0 Å². The van der Waals surface area contributed by atoms with Crippen molar-refractivity contribution < 1.29 is 36.7 Å². The van der Waals surface area contributed by atoms with E-state index in [2.05, 4.69) is 13.8 Å². The molecule has 176 valence electrons. The third-order valence-corrected chi connectivity index (χ3v) is 5.13. The topological polar surface area (TPSA) is 101 Å². The minimum Gasteiger partial charge on any atom is -0.379 e. The SMILES string of the molecule is CCCCC(CC)COCCOCCOCCOCCOCCCCS(=O)(=O)O. The highest BCUT2D eigenvalue weighted by Gasteiger charge is 2.05. The average Bonchev–Trinajstić information content (AvgIpc) is 2.68. The summed E-state index contributed by atoms with van der Waals surface area (Å²) in [6, 6.07) is 0. The predicted molar refractivity (Wildman–Crippen MR) is 113 cm³/mol. The van der Waals surface area contributed by atoms with Crippen LogP contribution in [0.4, 0.5) is 0 Å². The van der Waals surface area contributed by atoms with Crippen molar-refractivity contribution in [3.63, 3.8) is 0 Å². The lowest BCUT2D eigenvalue weighted by molar-refractivity contribution is -0.0140. The third kappa shape index (κ3) is 23.9. The Kier molecular flexibility index (Phi) is 20.8. The van der Waals surface area contributed by atoms with Gasteiger partial charge in [0.1, 0.15) is 0 Å². The Morgan fingerprint density at radius 3 is 1.62 bits per heavy atom. The lowest BCUT2D eigenvalue weighted by Crippen LogP contribution is -2.15. The van der Waals surface area contributed by atoms with E-state index in [1.54, 1.807) is 0 Å². The number of rotatable bonds is 23. The largest absolute Gasteiger partial charge is 0.379 e. The Hall–Kier alpha value is -0.290. The fraction of sp³-hybridized carbons (Fsp3) is 1.00. The van der Waals surface area contributed by atoms with E-state index in [9.17, 15) is 8.42 Å². The van der Waals surface area contributed by atoms with Gasteiger partial charge in [-0.2, -0.15) is 8.42 Å². The molecule has 1 N–H and O–H groups in total. The summed E-state index contributed by atoms with van der Waals surface area (Å²) in [6.07, 6.45) is 5.89. The lowest BCUT2D eigenvalue weighted by atomic mass is 10.0. The van der Waals surface area contributed by atoms with Crippen molar-refractivity contribution in [2.24, 2.45) is 5.92 Å². The molecular weight excluding hydrogens is 400 g/mol. The van der Waals surface area contributed by atoms with Crippen molar-refractivity contribution in [2.45, 2.75) is 52.4 Å². The van der Waals surface area contributed by atoms with Crippen LogP contribution in [0.25, 0.3) is 0 Å². The quantitative estimate of drug-likeness (QED) is 0.190. The number of ether oxygens (including phenoxy) is 5. The standard InChI is InChI=1S/C20H42O8S/c1-3-5-8-20(4-2)19-28-17-16-27-15-14-26-13-12-25-11-10-24-9-6-7-18-29(21,22)23/h20H,3-19H2,1-2H3,(H,21,22,23). The van der Waals surface area contributed by atoms with Crippen LogP contribution in [0, 0.1) is 5.92 Å². The highest BCUT2D eigenvalue weighted by molar-refractivity contribution is 7.85. The van der Waals surface area contributed by atoms with Crippen LogP contribution in [-0.4, -0.2) is 84.8 Å². The molecular formula is C20H42O8S. The zero-order chi connectivity index (χ0) is 21.6. The van der Waals surface area contributed by atoms with Crippen LogP contribution in [-0.2, 0) is 33.8 Å². The highest BCUT2D eigenvalue weighted by atomic mass is 32.2. The van der Waals surface area contributed by atoms with Gasteiger partial charge in [-0.3, -0.25) is 4.55 Å². The molecule has 0 aliphatic heterocycles. The van der Waals surface area contributed by atoms with Crippen LogP contribution in [0.1, 0.15) is 52.4 Å². The van der Waals surface area contributed by atoms with Gasteiger partial charge in [0.05, 0.1) is 58.6 Å². The molecule has 1 atom stereocenters. The Labute approximate surface area is 177 Å². The van der Waals surface area contributed by atoms with Crippen molar-refractivity contribution in [3.8, 4) is 0 Å². The van der Waals surface area contributed by atoms with Crippen LogP contribution < -0.4 is 0 Å². The molecule has 0 aromatic heterocycles. The Bertz CT molecular complexity index is 430. The van der Waals surface area contributed by atoms with Crippen molar-refractivity contribution in [1.29, 1.82) is 0 Å². The number of hydrogen-bond acceptors (Lipinski definition) is 7. The maximum Gasteiger partial charge on any atom is 0.264 e. The van der Waals surface area contributed by atoms with Gasteiger partial charge >= 0.3 is 0 Å². The molecule has 0 fully saturated rings. The summed E-state index contributed by atoms with van der Waals surface area (Å²) in [6.45, 7) is 9.90. The first kappa shape index (κ1) is 28.7. The Balaban J connectivity index is 3.17. The normalized spacial score (nSPS) is 13.1. The van der Waals surface area contributed by atoms with E-state index in [4.69, 9.17) is 28.2 Å². The minimum absolute atomic E-state index is 0.223. The maximum absolute atomic E-state index is 10.5. The van der Waals surface area contributed by atoms with Crippen molar-refractivity contribution in [3.05, 3.63) is 0 Å². The van der Waals surface area contributed by atoms with Gasteiger partial charge in [0, 0.05) is 13.2 Å². The van der Waals surface area contributed by atoms with Gasteiger partial charge in [-0.25, -0.2) is 0 Å². The Morgan fingerprint density at radius 1 is 0.690 bits per heavy atom. The second-order valence-electron chi connectivity index (χ2n) is 6.93. The molecule has 0 spiro atoms. The van der Waals surface area contributed by atoms with Crippen molar-refractivity contribution in [1.82, 2.24) is 0 Å². The van der Waals surface area contributed by atoms with Crippen molar-refractivity contribution in [2.75, 3.05) is 71.8 Å². The van der Waals surface area contributed by atoms with Crippen LogP contribution in [0.3, 0.4) is 0 Å². The summed E-state index contributed by atoms with van der Waals surface area (Å²) in [5.74, 6) is 0.438. The monoisotopic (exact) mass is 442 g/mol. The van der Waals surface area contributed by atoms with Gasteiger partial charge in [0.15, 0.2) is 0 Å². The maximum atomic E-state index is 10.5. The fourth-order valence-corrected chi connectivity index (χ4v) is 3.09. The van der Waals surface area contributed by atoms with Gasteiger partial charge < -0.3 is 23.7 Å². The average molecular weight is 443 g/mol. The lowest BCUT2D eigenvalue weighted by Gasteiger charge is -2.14. The highest BCUT2D eigenvalue weighted by Crippen LogP contribution is 2.12. The van der Waals surface area contributed by atoms with E-state index in [1.807, 2.05) is 0 Å². The number of hydrogen-bond donors (Lipinski definition) is 1. The van der Waals surface area contributed by atoms with Gasteiger partial charge in [-0.15, -0.1) is 0 Å². The summed E-state index contributed by atoms with van der Waals surface area (Å²) in [7, 11) is -3.86. The van der Waals surface area contributed by atoms with E-state index >= 15 is 0 Å². The molecule has 0 saturated heterocycles. The van der Waals surface area contributed by atoms with Crippen molar-refractivity contribution >= 4 is 10.1 Å². The second-order valence-corrected chi connectivity index (χ2v) is 8.51. The molecule has 0 rings (SSSR count). The summed E-state index contributed by atoms with van der Waals surface area (Å²) in [5.41, 5.74) is 0. The molecule has 8 nitrogen and oxygen atoms in total. The van der Waals surface area contributed by atoms with Gasteiger partial charge in [0.25, 0.3) is 10.1 Å². The summed E-state index contributed by atoms with van der Waals surface area (Å²) < 4.78 is 56.9. The van der Waals surface area contributed by atoms with E-state index in [-0.39, 0.29) is 5.75 Å². The fourth-order valence-electron chi connectivity index (χ4n) is 2.52. The van der Waals surface area contributed by atoms with Crippen LogP contribution >= 0.6 is 0 Å². The molecule has 0 radical (unpaired) electrons. The van der Waals surface area contributed by atoms with E-state index in [0.717, 1.165) is 6.61 Å². The molecule has 0 aliphatic rings. The first-order valence-corrected chi connectivity index (χ1v) is 12.4. The van der Waals surface area contributed by atoms with E-state index < -0.39 is 10.1 Å². The van der Waals surface area contributed by atoms with Crippen LogP contribution in [0.2, 0.25) is 0 Å². The van der Waals surface area contributed by atoms with Gasteiger partial charge in [0.2, 0.25) is 0 Å². The molecule has 0 heterocycles. The van der Waals surface area contributed by atoms with Crippen LogP contribution in [0.15, 0.2) is 0 Å². The molecule has 1 unspecified atom stereocenters. The predicted octanol–water partition coefficient (Wildman–Crippen LogP) is 2.95. The molecule has 0 aromatic rings. The van der Waals surface area contributed by atoms with Gasteiger partial charge in [-0.1, -0.05) is 33.1 Å². The summed E-state index contributed by atoms with van der Waals surface area (Å²) >= 11 is 0. The molecule has 0 saturated carbocycles. The zero-order valence-corrected chi connectivity index (χ0v) is 19.1. The van der Waals surface area contributed by atoms with E-state index in [0.29, 0.717) is 78.2 Å². The summed E-state index contributed by atoms with van der Waals surface area (Å²) in [5, 5.41) is 0. The first-order chi connectivity index (χ1) is 14.0. The van der Waals surface area contributed by atoms with E-state index in [1.165, 1.54) is 25.7 Å². The number of unbranched alkanes of at least 4 members (excludes halogenated alkanes) is 2. The first-order valence-electron chi connectivity index (χ1n) is 10.8. The second kappa shape index (κ2) is 21.0. The zero-order valence-electron chi connectivity index (χ0n) is 18.3. The summed E-state index contributed by atoms with van der Waals surface area (Å²) in [4.78, 5) is 0. The molecule has 0 amide bonds. The Morgan fingerprint density at radius 2 is 1.17 bits per heavy atom. The smallest absolute Gasteiger partial charge is 0.264 e.